The monoisotopic (exact) mass is 381 g/mol. The first-order chi connectivity index (χ1) is 13.2. The second kappa shape index (κ2) is 7.40. The minimum absolute atomic E-state index is 0.0202. The van der Waals surface area contributed by atoms with E-state index in [2.05, 4.69) is 45.2 Å². The number of methoxy groups -OCH3 is 1. The summed E-state index contributed by atoms with van der Waals surface area (Å²) >= 11 is 5.69. The van der Waals surface area contributed by atoms with E-state index in [4.69, 9.17) is 17.0 Å². The van der Waals surface area contributed by atoms with E-state index >= 15 is 0 Å². The van der Waals surface area contributed by atoms with Gasteiger partial charge in [0.15, 0.2) is 5.11 Å². The summed E-state index contributed by atoms with van der Waals surface area (Å²) in [6.07, 6.45) is 2.09. The van der Waals surface area contributed by atoms with Gasteiger partial charge in [-0.15, -0.1) is 0 Å². The zero-order valence-corrected chi connectivity index (χ0v) is 15.7. The third-order valence-corrected chi connectivity index (χ3v) is 5.14. The standard InChI is InChI=1S/C21H20FN3OS/c1-26-18-9-7-15(8-10-18)20-19-6-3-11-24(19)12-13-25(20)21(27)23-17-5-2-4-16(22)14-17/h2-11,14,20H,12-13H2,1H3,(H,23,27)/t20-/m0/s1. The number of halogens is 1. The number of nitrogens with zero attached hydrogens (tertiary/aromatic N) is 2. The Morgan fingerprint density at radius 1 is 1.11 bits per heavy atom. The molecule has 1 aliphatic rings. The quantitative estimate of drug-likeness (QED) is 0.680. The van der Waals surface area contributed by atoms with Crippen molar-refractivity contribution in [3.63, 3.8) is 0 Å². The molecule has 0 amide bonds. The number of anilines is 1. The second-order valence-electron chi connectivity index (χ2n) is 6.44. The van der Waals surface area contributed by atoms with Gasteiger partial charge in [-0.05, 0) is 60.2 Å². The van der Waals surface area contributed by atoms with Gasteiger partial charge in [-0.3, -0.25) is 0 Å². The average molecular weight is 381 g/mol. The molecule has 1 aromatic heterocycles. The molecule has 27 heavy (non-hydrogen) atoms. The highest BCUT2D eigenvalue weighted by Crippen LogP contribution is 2.33. The van der Waals surface area contributed by atoms with E-state index in [1.165, 1.54) is 17.8 Å². The molecule has 0 bridgehead atoms. The fourth-order valence-electron chi connectivity index (χ4n) is 3.50. The summed E-state index contributed by atoms with van der Waals surface area (Å²) in [6.45, 7) is 1.61. The highest BCUT2D eigenvalue weighted by molar-refractivity contribution is 7.80. The molecule has 0 saturated heterocycles. The lowest BCUT2D eigenvalue weighted by Gasteiger charge is -2.39. The second-order valence-corrected chi connectivity index (χ2v) is 6.82. The van der Waals surface area contributed by atoms with E-state index in [9.17, 15) is 4.39 Å². The van der Waals surface area contributed by atoms with Crippen molar-refractivity contribution in [3.8, 4) is 5.75 Å². The van der Waals surface area contributed by atoms with Crippen LogP contribution >= 0.6 is 12.2 Å². The van der Waals surface area contributed by atoms with Gasteiger partial charge in [0.1, 0.15) is 11.6 Å². The first kappa shape index (κ1) is 17.5. The predicted octanol–water partition coefficient (Wildman–Crippen LogP) is 4.44. The van der Waals surface area contributed by atoms with Crippen LogP contribution in [0.3, 0.4) is 0 Å². The largest absolute Gasteiger partial charge is 0.497 e. The van der Waals surface area contributed by atoms with Crippen molar-refractivity contribution in [2.75, 3.05) is 19.0 Å². The van der Waals surface area contributed by atoms with Gasteiger partial charge in [0.2, 0.25) is 0 Å². The van der Waals surface area contributed by atoms with Gasteiger partial charge in [0, 0.05) is 30.7 Å². The van der Waals surface area contributed by atoms with Gasteiger partial charge in [-0.2, -0.15) is 0 Å². The number of aromatic nitrogens is 1. The van der Waals surface area contributed by atoms with Gasteiger partial charge >= 0.3 is 0 Å². The van der Waals surface area contributed by atoms with Crippen LogP contribution in [0.1, 0.15) is 17.3 Å². The topological polar surface area (TPSA) is 29.4 Å². The Bertz CT molecular complexity index is 954. The Labute approximate surface area is 163 Å². The van der Waals surface area contributed by atoms with Crippen LogP contribution in [0.15, 0.2) is 66.9 Å². The molecule has 0 spiro atoms. The minimum Gasteiger partial charge on any atom is -0.497 e. The Morgan fingerprint density at radius 2 is 1.93 bits per heavy atom. The predicted molar refractivity (Wildman–Crippen MR) is 109 cm³/mol. The summed E-state index contributed by atoms with van der Waals surface area (Å²) in [4.78, 5) is 2.15. The number of hydrogen-bond donors (Lipinski definition) is 1. The Morgan fingerprint density at radius 3 is 2.67 bits per heavy atom. The minimum atomic E-state index is -0.290. The third-order valence-electron chi connectivity index (χ3n) is 4.81. The van der Waals surface area contributed by atoms with Crippen LogP contribution in [0.2, 0.25) is 0 Å². The molecule has 2 heterocycles. The summed E-state index contributed by atoms with van der Waals surface area (Å²) in [7, 11) is 1.66. The Balaban J connectivity index is 1.66. The highest BCUT2D eigenvalue weighted by Gasteiger charge is 2.30. The van der Waals surface area contributed by atoms with E-state index in [0.29, 0.717) is 10.8 Å². The van der Waals surface area contributed by atoms with Crippen LogP contribution in [-0.4, -0.2) is 28.2 Å². The molecule has 0 unspecified atom stereocenters. The maximum Gasteiger partial charge on any atom is 0.174 e. The molecule has 4 nitrogen and oxygen atoms in total. The van der Waals surface area contributed by atoms with Crippen molar-refractivity contribution >= 4 is 23.0 Å². The molecule has 4 rings (SSSR count). The molecule has 6 heteroatoms. The molecule has 0 saturated carbocycles. The number of fused-ring (bicyclic) bond motifs is 1. The van der Waals surface area contributed by atoms with Gasteiger partial charge in [0.05, 0.1) is 13.2 Å². The number of rotatable bonds is 3. The van der Waals surface area contributed by atoms with Crippen molar-refractivity contribution in [1.82, 2.24) is 9.47 Å². The molecule has 1 atom stereocenters. The van der Waals surface area contributed by atoms with Crippen LogP contribution in [0, 0.1) is 5.82 Å². The number of thiocarbonyl (C=S) groups is 1. The molecular formula is C21H20FN3OS. The van der Waals surface area contributed by atoms with Gasteiger partial charge < -0.3 is 19.5 Å². The summed E-state index contributed by atoms with van der Waals surface area (Å²) in [6, 6.07) is 18.5. The van der Waals surface area contributed by atoms with E-state index in [-0.39, 0.29) is 11.9 Å². The molecule has 2 aromatic carbocycles. The zero-order chi connectivity index (χ0) is 18.8. The SMILES string of the molecule is COc1ccc([C@H]2c3cccn3CCN2C(=S)Nc2cccc(F)c2)cc1. The van der Waals surface area contributed by atoms with Crippen LogP contribution in [-0.2, 0) is 6.54 Å². The Kier molecular flexibility index (Phi) is 4.81. The normalized spacial score (nSPS) is 15.9. The molecule has 0 fully saturated rings. The van der Waals surface area contributed by atoms with Crippen LogP contribution in [0.5, 0.6) is 5.75 Å². The zero-order valence-electron chi connectivity index (χ0n) is 14.9. The summed E-state index contributed by atoms with van der Waals surface area (Å²) in [5, 5.41) is 3.76. The lowest BCUT2D eigenvalue weighted by atomic mass is 10.00. The molecule has 0 aliphatic carbocycles. The molecule has 3 aromatic rings. The molecular weight excluding hydrogens is 361 g/mol. The molecule has 138 valence electrons. The summed E-state index contributed by atoms with van der Waals surface area (Å²) in [5.41, 5.74) is 2.95. The third kappa shape index (κ3) is 3.53. The van der Waals surface area contributed by atoms with Crippen molar-refractivity contribution in [1.29, 1.82) is 0 Å². The average Bonchev–Trinajstić information content (AvgIpc) is 3.16. The number of nitrogens with one attached hydrogen (secondary N) is 1. The molecule has 1 N–H and O–H groups in total. The van der Waals surface area contributed by atoms with Crippen LogP contribution in [0.25, 0.3) is 0 Å². The van der Waals surface area contributed by atoms with Gasteiger partial charge in [-0.25, -0.2) is 4.39 Å². The Hall–Kier alpha value is -2.86. The first-order valence-electron chi connectivity index (χ1n) is 8.78. The maximum absolute atomic E-state index is 13.5. The van der Waals surface area contributed by atoms with Gasteiger partial charge in [0.25, 0.3) is 0 Å². The molecule has 1 aliphatic heterocycles. The molecule has 0 radical (unpaired) electrons. The smallest absolute Gasteiger partial charge is 0.174 e. The van der Waals surface area contributed by atoms with Crippen molar-refractivity contribution in [3.05, 3.63) is 83.9 Å². The maximum atomic E-state index is 13.5. The number of benzene rings is 2. The van der Waals surface area contributed by atoms with Crippen molar-refractivity contribution in [2.24, 2.45) is 0 Å². The van der Waals surface area contributed by atoms with E-state index in [1.807, 2.05) is 18.2 Å². The lowest BCUT2D eigenvalue weighted by Crippen LogP contribution is -2.44. The highest BCUT2D eigenvalue weighted by atomic mass is 32.1. The van der Waals surface area contributed by atoms with Crippen molar-refractivity contribution < 1.29 is 9.13 Å². The first-order valence-corrected chi connectivity index (χ1v) is 9.19. The number of ether oxygens (including phenoxy) is 1. The fourth-order valence-corrected chi connectivity index (χ4v) is 3.82. The van der Waals surface area contributed by atoms with Crippen molar-refractivity contribution in [2.45, 2.75) is 12.6 Å². The fraction of sp³-hybridized carbons (Fsp3) is 0.190. The van der Waals surface area contributed by atoms with Crippen LogP contribution in [0.4, 0.5) is 10.1 Å². The van der Waals surface area contributed by atoms with E-state index in [1.54, 1.807) is 13.2 Å². The summed E-state index contributed by atoms with van der Waals surface area (Å²) in [5.74, 6) is 0.527. The van der Waals surface area contributed by atoms with Crippen LogP contribution < -0.4 is 10.1 Å². The van der Waals surface area contributed by atoms with Gasteiger partial charge in [-0.1, -0.05) is 18.2 Å². The summed E-state index contributed by atoms with van der Waals surface area (Å²) < 4.78 is 21.0. The van der Waals surface area contributed by atoms with E-state index < -0.39 is 0 Å². The number of hydrogen-bond acceptors (Lipinski definition) is 2. The lowest BCUT2D eigenvalue weighted by molar-refractivity contribution is 0.293. The van der Waals surface area contributed by atoms with E-state index in [0.717, 1.165) is 24.4 Å².